The molecule has 212 valence electrons. The van der Waals surface area contributed by atoms with Crippen molar-refractivity contribution in [3.63, 3.8) is 0 Å². The highest BCUT2D eigenvalue weighted by Crippen LogP contribution is 2.46. The summed E-state index contributed by atoms with van der Waals surface area (Å²) in [4.78, 5) is 0.192. The molecule has 5 aromatic rings. The number of benzene rings is 4. The average molecular weight is 578 g/mol. The van der Waals surface area contributed by atoms with E-state index >= 15 is 0 Å². The first-order chi connectivity index (χ1) is 20.4. The lowest BCUT2D eigenvalue weighted by Crippen LogP contribution is -2.31. The van der Waals surface area contributed by atoms with E-state index in [1.807, 2.05) is 67.6 Å². The fourth-order valence-electron chi connectivity index (χ4n) is 5.57. The second-order valence-corrected chi connectivity index (χ2v) is 12.1. The molecule has 6 rings (SSSR count). The largest absolute Gasteiger partial charge is 0.493 e. The molecule has 1 unspecified atom stereocenters. The van der Waals surface area contributed by atoms with Gasteiger partial charge in [0.2, 0.25) is 0 Å². The predicted molar refractivity (Wildman–Crippen MR) is 165 cm³/mol. The monoisotopic (exact) mass is 577 g/mol. The van der Waals surface area contributed by atoms with Crippen LogP contribution in [0.25, 0.3) is 6.08 Å². The van der Waals surface area contributed by atoms with Crippen LogP contribution < -0.4 is 13.8 Å². The van der Waals surface area contributed by atoms with Gasteiger partial charge in [-0.15, -0.1) is 0 Å². The number of aromatic amines is 1. The van der Waals surface area contributed by atoms with Gasteiger partial charge in [0.25, 0.3) is 10.0 Å². The summed E-state index contributed by atoms with van der Waals surface area (Å²) < 4.78 is 40.8. The zero-order valence-electron chi connectivity index (χ0n) is 23.6. The normalized spacial score (nSPS) is 16.1. The Morgan fingerprint density at radius 3 is 2.14 bits per heavy atom. The first-order valence-electron chi connectivity index (χ1n) is 13.6. The van der Waals surface area contributed by atoms with Gasteiger partial charge in [0.1, 0.15) is 0 Å². The van der Waals surface area contributed by atoms with Gasteiger partial charge < -0.3 is 9.47 Å². The SMILES string of the molecule is COc1ccc(C2(c3ccccc3)C=Cc3c(N(c4ccccc4)S(=O)(=O)c4ccc(C)cc4)n[nH]c3C2)cc1OC. The molecule has 0 bridgehead atoms. The quantitative estimate of drug-likeness (QED) is 0.219. The van der Waals surface area contributed by atoms with Gasteiger partial charge in [-0.2, -0.15) is 5.10 Å². The summed E-state index contributed by atoms with van der Waals surface area (Å²) >= 11 is 0. The Labute approximate surface area is 246 Å². The minimum absolute atomic E-state index is 0.192. The molecule has 0 fully saturated rings. The second-order valence-electron chi connectivity index (χ2n) is 10.3. The summed E-state index contributed by atoms with van der Waals surface area (Å²) in [6.07, 6.45) is 4.63. The number of hydrogen-bond donors (Lipinski definition) is 1. The number of methoxy groups -OCH3 is 2. The molecule has 0 spiro atoms. The van der Waals surface area contributed by atoms with E-state index in [0.29, 0.717) is 29.4 Å². The summed E-state index contributed by atoms with van der Waals surface area (Å²) in [5.41, 5.74) is 4.56. The number of nitrogens with one attached hydrogen (secondary N) is 1. The van der Waals surface area contributed by atoms with Crippen LogP contribution in [0.5, 0.6) is 11.5 Å². The summed E-state index contributed by atoms with van der Waals surface area (Å²) in [6, 6.07) is 32.1. The van der Waals surface area contributed by atoms with Crippen molar-refractivity contribution in [3.8, 4) is 11.5 Å². The van der Waals surface area contributed by atoms with E-state index in [0.717, 1.165) is 27.9 Å². The van der Waals surface area contributed by atoms with E-state index in [-0.39, 0.29) is 4.90 Å². The van der Waals surface area contributed by atoms with Gasteiger partial charge in [-0.3, -0.25) is 5.10 Å². The number of ether oxygens (including phenoxy) is 2. The molecule has 8 heteroatoms. The van der Waals surface area contributed by atoms with Crippen molar-refractivity contribution in [3.05, 3.63) is 137 Å². The molecule has 0 amide bonds. The number of para-hydroxylation sites is 1. The molecular weight excluding hydrogens is 546 g/mol. The number of H-pyrrole nitrogens is 1. The zero-order valence-corrected chi connectivity index (χ0v) is 24.4. The molecule has 7 nitrogen and oxygen atoms in total. The molecule has 4 aromatic carbocycles. The number of aromatic nitrogens is 2. The van der Waals surface area contributed by atoms with Gasteiger partial charge in [-0.1, -0.05) is 84.4 Å². The average Bonchev–Trinajstić information content (AvgIpc) is 3.44. The molecule has 0 radical (unpaired) electrons. The summed E-state index contributed by atoms with van der Waals surface area (Å²) in [5, 5.41) is 7.81. The molecule has 0 aliphatic heterocycles. The molecule has 1 N–H and O–H groups in total. The predicted octanol–water partition coefficient (Wildman–Crippen LogP) is 6.82. The van der Waals surface area contributed by atoms with Crippen LogP contribution in [-0.4, -0.2) is 32.8 Å². The molecule has 1 aliphatic carbocycles. The number of anilines is 2. The lowest BCUT2D eigenvalue weighted by molar-refractivity contribution is 0.354. The van der Waals surface area contributed by atoms with Crippen molar-refractivity contribution < 1.29 is 17.9 Å². The third-order valence-electron chi connectivity index (χ3n) is 7.78. The number of rotatable bonds is 8. The van der Waals surface area contributed by atoms with Gasteiger partial charge >= 0.3 is 0 Å². The third-order valence-corrected chi connectivity index (χ3v) is 9.52. The first kappa shape index (κ1) is 27.4. The Morgan fingerprint density at radius 1 is 0.810 bits per heavy atom. The van der Waals surface area contributed by atoms with Crippen LogP contribution in [0.4, 0.5) is 11.5 Å². The van der Waals surface area contributed by atoms with E-state index in [4.69, 9.17) is 9.47 Å². The number of allylic oxidation sites excluding steroid dienone is 1. The van der Waals surface area contributed by atoms with Gasteiger partial charge in [0, 0.05) is 23.1 Å². The minimum atomic E-state index is -3.99. The molecule has 1 atom stereocenters. The maximum Gasteiger partial charge on any atom is 0.269 e. The Balaban J connectivity index is 1.51. The van der Waals surface area contributed by atoms with Crippen LogP contribution in [0.15, 0.2) is 114 Å². The van der Waals surface area contributed by atoms with Gasteiger partial charge in [-0.25, -0.2) is 12.7 Å². The third kappa shape index (κ3) is 4.63. The lowest BCUT2D eigenvalue weighted by atomic mass is 9.68. The first-order valence-corrected chi connectivity index (χ1v) is 15.0. The molecule has 1 aromatic heterocycles. The lowest BCUT2D eigenvalue weighted by Gasteiger charge is -2.35. The van der Waals surface area contributed by atoms with Gasteiger partial charge in [0.15, 0.2) is 17.3 Å². The van der Waals surface area contributed by atoms with Crippen LogP contribution in [0, 0.1) is 6.92 Å². The standard InChI is InChI=1S/C34H31N3O4S/c1-24-14-17-28(18-15-24)42(38,39)37(27-12-8-5-9-13-27)33-29-20-21-34(23-30(29)35-36-33,25-10-6-4-7-11-25)26-16-19-31(40-2)32(22-26)41-3/h4-22H,23H2,1-3H3,(H,35,36). The summed E-state index contributed by atoms with van der Waals surface area (Å²) in [5.74, 6) is 1.60. The molecular formula is C34H31N3O4S. The molecule has 1 heterocycles. The highest BCUT2D eigenvalue weighted by atomic mass is 32.2. The van der Waals surface area contributed by atoms with E-state index in [1.165, 1.54) is 4.31 Å². The number of sulfonamides is 1. The van der Waals surface area contributed by atoms with Crippen molar-refractivity contribution >= 4 is 27.6 Å². The van der Waals surface area contributed by atoms with Crippen molar-refractivity contribution in [2.24, 2.45) is 0 Å². The second kappa shape index (κ2) is 10.9. The Kier molecular flexibility index (Phi) is 7.08. The minimum Gasteiger partial charge on any atom is -0.493 e. The van der Waals surface area contributed by atoms with E-state index in [2.05, 4.69) is 28.4 Å². The van der Waals surface area contributed by atoms with E-state index in [1.54, 1.807) is 50.6 Å². The van der Waals surface area contributed by atoms with Crippen LogP contribution >= 0.6 is 0 Å². The molecule has 0 saturated carbocycles. The summed E-state index contributed by atoms with van der Waals surface area (Å²) in [6.45, 7) is 1.93. The maximum absolute atomic E-state index is 14.2. The smallest absolute Gasteiger partial charge is 0.269 e. The number of fused-ring (bicyclic) bond motifs is 1. The van der Waals surface area contributed by atoms with Crippen molar-refractivity contribution in [1.29, 1.82) is 0 Å². The number of hydrogen-bond acceptors (Lipinski definition) is 5. The zero-order chi connectivity index (χ0) is 29.3. The molecule has 0 saturated heterocycles. The van der Waals surface area contributed by atoms with Crippen LogP contribution in [0.3, 0.4) is 0 Å². The maximum atomic E-state index is 14.2. The Hall–Kier alpha value is -4.82. The fraction of sp³-hybridized carbons (Fsp3) is 0.147. The topological polar surface area (TPSA) is 84.5 Å². The van der Waals surface area contributed by atoms with E-state index in [9.17, 15) is 8.42 Å². The van der Waals surface area contributed by atoms with E-state index < -0.39 is 15.4 Å². The highest BCUT2D eigenvalue weighted by molar-refractivity contribution is 7.93. The Morgan fingerprint density at radius 2 is 1.48 bits per heavy atom. The van der Waals surface area contributed by atoms with Gasteiger partial charge in [0.05, 0.1) is 24.8 Å². The summed E-state index contributed by atoms with van der Waals surface area (Å²) in [7, 11) is -0.749. The van der Waals surface area contributed by atoms with Gasteiger partial charge in [-0.05, 0) is 54.4 Å². The molecule has 1 aliphatic rings. The van der Waals surface area contributed by atoms with Crippen LogP contribution in [0.1, 0.15) is 27.9 Å². The number of nitrogens with zero attached hydrogens (tertiary/aromatic N) is 2. The highest BCUT2D eigenvalue weighted by Gasteiger charge is 2.39. The van der Waals surface area contributed by atoms with Crippen LogP contribution in [-0.2, 0) is 21.9 Å². The molecule has 42 heavy (non-hydrogen) atoms. The van der Waals surface area contributed by atoms with Crippen molar-refractivity contribution in [1.82, 2.24) is 10.2 Å². The number of aryl methyl sites for hydroxylation is 1. The van der Waals surface area contributed by atoms with Crippen molar-refractivity contribution in [2.75, 3.05) is 18.5 Å². The fourth-order valence-corrected chi connectivity index (χ4v) is 7.03. The van der Waals surface area contributed by atoms with Crippen LogP contribution in [0.2, 0.25) is 0 Å². The Bertz CT molecular complexity index is 1850. The van der Waals surface area contributed by atoms with Crippen molar-refractivity contribution in [2.45, 2.75) is 23.7 Å².